The lowest BCUT2D eigenvalue weighted by molar-refractivity contribution is -0.116. The number of nitrogens with one attached hydrogen (secondary N) is 2. The fraction of sp³-hybridized carbons (Fsp3) is 0.130. The van der Waals surface area contributed by atoms with Crippen LogP contribution in [0.1, 0.15) is 28.9 Å². The lowest BCUT2D eigenvalue weighted by Gasteiger charge is -2.16. The van der Waals surface area contributed by atoms with Gasteiger partial charge in [-0.3, -0.25) is 19.0 Å². The zero-order valence-corrected chi connectivity index (χ0v) is 17.6. The first kappa shape index (κ1) is 20.5. The maximum Gasteiger partial charge on any atom is 0.262 e. The van der Waals surface area contributed by atoms with Gasteiger partial charge in [0, 0.05) is 0 Å². The van der Waals surface area contributed by atoms with Crippen molar-refractivity contribution < 1.29 is 9.59 Å². The molecule has 2 N–H and O–H groups in total. The molecule has 0 aliphatic heterocycles. The lowest BCUT2D eigenvalue weighted by atomic mass is 10.1. The third kappa shape index (κ3) is 4.54. The molecule has 0 aliphatic rings. The maximum absolute atomic E-state index is 12.8. The first-order valence-electron chi connectivity index (χ1n) is 9.70. The normalized spacial score (nSPS) is 11.8. The van der Waals surface area contributed by atoms with Gasteiger partial charge in [-0.05, 0) is 36.1 Å². The number of hydrogen-bond acceptors (Lipinski definition) is 5. The summed E-state index contributed by atoms with van der Waals surface area (Å²) in [6, 6.07) is 17.9. The summed E-state index contributed by atoms with van der Waals surface area (Å²) in [5, 5.41) is 7.95. The Labute approximate surface area is 182 Å². The van der Waals surface area contributed by atoms with Crippen LogP contribution < -0.4 is 16.2 Å². The standard InChI is InChI=1S/C23H20N4O3S/c1-15(16-7-3-2-4-8-16)25-21(29)17-9-5-6-10-19(17)26-20(28)13-27-14-24-22-18(23(27)30)11-12-31-22/h2-12,14-15H,13H2,1H3,(H,25,29)(H,26,28). The van der Waals surface area contributed by atoms with Crippen LogP contribution >= 0.6 is 11.3 Å². The molecule has 7 nitrogen and oxygen atoms in total. The Morgan fingerprint density at radius 3 is 2.61 bits per heavy atom. The highest BCUT2D eigenvalue weighted by Gasteiger charge is 2.16. The van der Waals surface area contributed by atoms with E-state index in [9.17, 15) is 14.4 Å². The molecule has 156 valence electrons. The van der Waals surface area contributed by atoms with Gasteiger partial charge >= 0.3 is 0 Å². The molecule has 31 heavy (non-hydrogen) atoms. The van der Waals surface area contributed by atoms with Crippen molar-refractivity contribution in [2.75, 3.05) is 5.32 Å². The molecule has 2 amide bonds. The van der Waals surface area contributed by atoms with Crippen LogP contribution in [0.25, 0.3) is 10.2 Å². The van der Waals surface area contributed by atoms with Crippen molar-refractivity contribution in [3.63, 3.8) is 0 Å². The number of anilines is 1. The number of carbonyl (C=O) groups excluding carboxylic acids is 2. The first-order chi connectivity index (χ1) is 15.0. The molecule has 0 spiro atoms. The second-order valence-corrected chi connectivity index (χ2v) is 7.91. The van der Waals surface area contributed by atoms with Crippen LogP contribution in [0.5, 0.6) is 0 Å². The summed E-state index contributed by atoms with van der Waals surface area (Å²) >= 11 is 1.37. The van der Waals surface area contributed by atoms with Crippen LogP contribution in [-0.4, -0.2) is 21.4 Å². The molecule has 0 bridgehead atoms. The first-order valence-corrected chi connectivity index (χ1v) is 10.6. The van der Waals surface area contributed by atoms with Gasteiger partial charge in [-0.25, -0.2) is 4.98 Å². The van der Waals surface area contributed by atoms with Gasteiger partial charge in [0.05, 0.1) is 29.0 Å². The number of hydrogen-bond donors (Lipinski definition) is 2. The second-order valence-electron chi connectivity index (χ2n) is 7.02. The maximum atomic E-state index is 12.8. The Hall–Kier alpha value is -3.78. The molecule has 0 saturated carbocycles. The lowest BCUT2D eigenvalue weighted by Crippen LogP contribution is -2.30. The molecule has 4 rings (SSSR count). The quantitative estimate of drug-likeness (QED) is 0.487. The second kappa shape index (κ2) is 8.93. The number of amides is 2. The van der Waals surface area contributed by atoms with E-state index in [2.05, 4.69) is 15.6 Å². The third-order valence-corrected chi connectivity index (χ3v) is 5.68. The van der Waals surface area contributed by atoms with Crippen molar-refractivity contribution in [2.45, 2.75) is 19.5 Å². The topological polar surface area (TPSA) is 93.1 Å². The van der Waals surface area contributed by atoms with E-state index in [4.69, 9.17) is 0 Å². The van der Waals surface area contributed by atoms with Crippen molar-refractivity contribution in [3.05, 3.63) is 93.9 Å². The van der Waals surface area contributed by atoms with E-state index in [0.29, 0.717) is 21.5 Å². The SMILES string of the molecule is CC(NC(=O)c1ccccc1NC(=O)Cn1cnc2sccc2c1=O)c1ccccc1. The van der Waals surface area contributed by atoms with E-state index in [1.807, 2.05) is 37.3 Å². The summed E-state index contributed by atoms with van der Waals surface area (Å²) < 4.78 is 1.25. The summed E-state index contributed by atoms with van der Waals surface area (Å²) in [4.78, 5) is 42.8. The molecule has 0 fully saturated rings. The average molecular weight is 433 g/mol. The minimum Gasteiger partial charge on any atom is -0.345 e. The highest BCUT2D eigenvalue weighted by molar-refractivity contribution is 7.16. The summed E-state index contributed by atoms with van der Waals surface area (Å²) in [6.45, 7) is 1.70. The Bertz CT molecular complexity index is 1300. The van der Waals surface area contributed by atoms with Gasteiger partial charge in [0.2, 0.25) is 5.91 Å². The molecule has 0 saturated heterocycles. The van der Waals surface area contributed by atoms with Gasteiger partial charge in [-0.2, -0.15) is 0 Å². The van der Waals surface area contributed by atoms with Crippen LogP contribution in [0.4, 0.5) is 5.69 Å². The predicted octanol–water partition coefficient (Wildman–Crippen LogP) is 3.59. The zero-order chi connectivity index (χ0) is 21.8. The van der Waals surface area contributed by atoms with Crippen LogP contribution in [0.15, 0.2) is 77.2 Å². The molecule has 8 heteroatoms. The third-order valence-electron chi connectivity index (χ3n) is 4.86. The Kier molecular flexibility index (Phi) is 5.90. The van der Waals surface area contributed by atoms with Crippen LogP contribution in [-0.2, 0) is 11.3 Å². The highest BCUT2D eigenvalue weighted by atomic mass is 32.1. The molecule has 2 aromatic heterocycles. The summed E-state index contributed by atoms with van der Waals surface area (Å²) in [7, 11) is 0. The van der Waals surface area contributed by atoms with E-state index >= 15 is 0 Å². The van der Waals surface area contributed by atoms with Crippen LogP contribution in [0.3, 0.4) is 0 Å². The molecular formula is C23H20N4O3S. The Morgan fingerprint density at radius 1 is 1.06 bits per heavy atom. The number of rotatable bonds is 6. The van der Waals surface area contributed by atoms with Crippen LogP contribution in [0, 0.1) is 0 Å². The number of thiophene rings is 1. The monoisotopic (exact) mass is 432 g/mol. The average Bonchev–Trinajstić information content (AvgIpc) is 3.26. The van der Waals surface area contributed by atoms with Gasteiger partial charge in [0.1, 0.15) is 11.4 Å². The largest absolute Gasteiger partial charge is 0.345 e. The molecule has 2 aromatic carbocycles. The minimum atomic E-state index is -0.421. The Balaban J connectivity index is 1.48. The van der Waals surface area contributed by atoms with Crippen molar-refractivity contribution in [2.24, 2.45) is 0 Å². The number of carbonyl (C=O) groups is 2. The molecule has 1 unspecified atom stereocenters. The van der Waals surface area contributed by atoms with E-state index in [1.165, 1.54) is 22.2 Å². The predicted molar refractivity (Wildman–Crippen MR) is 121 cm³/mol. The van der Waals surface area contributed by atoms with Gasteiger partial charge in [0.15, 0.2) is 0 Å². The van der Waals surface area contributed by atoms with Crippen molar-refractivity contribution in [3.8, 4) is 0 Å². The van der Waals surface area contributed by atoms with E-state index in [0.717, 1.165) is 5.56 Å². The van der Waals surface area contributed by atoms with E-state index in [1.54, 1.807) is 35.7 Å². The molecule has 0 aliphatic carbocycles. The number of nitrogens with zero attached hydrogens (tertiary/aromatic N) is 2. The fourth-order valence-corrected chi connectivity index (χ4v) is 3.96. The Morgan fingerprint density at radius 2 is 1.81 bits per heavy atom. The number of para-hydroxylation sites is 1. The van der Waals surface area contributed by atoms with Crippen molar-refractivity contribution in [1.82, 2.24) is 14.9 Å². The van der Waals surface area contributed by atoms with Gasteiger partial charge < -0.3 is 10.6 Å². The molecular weight excluding hydrogens is 412 g/mol. The van der Waals surface area contributed by atoms with E-state index in [-0.39, 0.29) is 24.1 Å². The van der Waals surface area contributed by atoms with E-state index < -0.39 is 5.91 Å². The molecule has 1 atom stereocenters. The number of benzene rings is 2. The molecule has 2 heterocycles. The highest BCUT2D eigenvalue weighted by Crippen LogP contribution is 2.18. The van der Waals surface area contributed by atoms with Gasteiger partial charge in [0.25, 0.3) is 11.5 Å². The zero-order valence-electron chi connectivity index (χ0n) is 16.7. The summed E-state index contributed by atoms with van der Waals surface area (Å²) in [5.41, 5.74) is 1.43. The fourth-order valence-electron chi connectivity index (χ4n) is 3.24. The van der Waals surface area contributed by atoms with Gasteiger partial charge in [-0.1, -0.05) is 42.5 Å². The van der Waals surface area contributed by atoms with Crippen molar-refractivity contribution >= 4 is 39.1 Å². The van der Waals surface area contributed by atoms with Gasteiger partial charge in [-0.15, -0.1) is 11.3 Å². The minimum absolute atomic E-state index is 0.195. The summed E-state index contributed by atoms with van der Waals surface area (Å²) in [6.07, 6.45) is 1.36. The smallest absolute Gasteiger partial charge is 0.262 e. The summed E-state index contributed by atoms with van der Waals surface area (Å²) in [5.74, 6) is -0.722. The molecule has 4 aromatic rings. The van der Waals surface area contributed by atoms with Crippen molar-refractivity contribution in [1.29, 1.82) is 0 Å². The number of fused-ring (bicyclic) bond motifs is 1. The number of aromatic nitrogens is 2. The van der Waals surface area contributed by atoms with Crippen LogP contribution in [0.2, 0.25) is 0 Å². The molecule has 0 radical (unpaired) electrons.